The van der Waals surface area contributed by atoms with Crippen molar-refractivity contribution >= 4 is 15.9 Å². The molecule has 1 aromatic rings. The normalized spacial score (nSPS) is 12.1. The Morgan fingerprint density at radius 3 is 2.15 bits per heavy atom. The lowest BCUT2D eigenvalue weighted by Crippen LogP contribution is -2.13. The quantitative estimate of drug-likeness (QED) is 0.749. The molecule has 1 rings (SSSR count). The second-order valence-corrected chi connectivity index (χ2v) is 5.02. The number of rotatable bonds is 2. The number of hydrogen-bond acceptors (Lipinski definition) is 2. The van der Waals surface area contributed by atoms with Crippen LogP contribution in [0.1, 0.15) is 32.4 Å². The van der Waals surface area contributed by atoms with Gasteiger partial charge in [0.1, 0.15) is 11.6 Å². The fourth-order valence-electron chi connectivity index (χ4n) is 1.14. The smallest absolute Gasteiger partial charge is 0.143 e. The summed E-state index contributed by atoms with van der Waals surface area (Å²) in [6, 6.07) is 0. The van der Waals surface area contributed by atoms with Crippen LogP contribution in [-0.4, -0.2) is 14.8 Å². The topological polar surface area (TPSA) is 30.7 Å². The number of halogens is 1. The fourth-order valence-corrected chi connectivity index (χ4v) is 1.63. The van der Waals surface area contributed by atoms with E-state index in [1.807, 2.05) is 7.05 Å². The van der Waals surface area contributed by atoms with Crippen LogP contribution in [0.25, 0.3) is 0 Å². The molecule has 1 aromatic heterocycles. The summed E-state index contributed by atoms with van der Waals surface area (Å²) >= 11 is 3.38. The molecule has 0 radical (unpaired) electrons. The molecule has 13 heavy (non-hydrogen) atoms. The van der Waals surface area contributed by atoms with Crippen LogP contribution in [0, 0.1) is 5.41 Å². The summed E-state index contributed by atoms with van der Waals surface area (Å²) in [5.74, 6) is 2.04. The van der Waals surface area contributed by atoms with E-state index in [-0.39, 0.29) is 5.41 Å². The lowest BCUT2D eigenvalue weighted by molar-refractivity contribution is 0.394. The van der Waals surface area contributed by atoms with E-state index in [4.69, 9.17) is 0 Å². The van der Waals surface area contributed by atoms with E-state index >= 15 is 0 Å². The molecular formula is C9H16BrN3. The van der Waals surface area contributed by atoms with E-state index in [9.17, 15) is 0 Å². The first-order chi connectivity index (χ1) is 5.94. The summed E-state index contributed by atoms with van der Waals surface area (Å²) in [5.41, 5.74) is 0.268. The van der Waals surface area contributed by atoms with Crippen LogP contribution < -0.4 is 0 Å². The highest BCUT2D eigenvalue weighted by molar-refractivity contribution is 9.08. The van der Waals surface area contributed by atoms with Gasteiger partial charge < -0.3 is 4.57 Å². The van der Waals surface area contributed by atoms with Gasteiger partial charge >= 0.3 is 0 Å². The molecular weight excluding hydrogens is 230 g/mol. The van der Waals surface area contributed by atoms with Crippen molar-refractivity contribution in [2.75, 3.05) is 0 Å². The van der Waals surface area contributed by atoms with Crippen LogP contribution >= 0.6 is 15.9 Å². The van der Waals surface area contributed by atoms with E-state index in [2.05, 4.69) is 51.5 Å². The molecule has 0 bridgehead atoms. The average molecular weight is 246 g/mol. The first-order valence-electron chi connectivity index (χ1n) is 4.37. The Morgan fingerprint density at radius 2 is 1.77 bits per heavy atom. The Kier molecular flexibility index (Phi) is 3.11. The molecule has 0 saturated carbocycles. The maximum absolute atomic E-state index is 4.15. The highest BCUT2D eigenvalue weighted by Gasteiger charge is 2.16. The lowest BCUT2D eigenvalue weighted by Gasteiger charge is -2.16. The number of alkyl halides is 1. The van der Waals surface area contributed by atoms with Crippen LogP contribution in [0.4, 0.5) is 0 Å². The van der Waals surface area contributed by atoms with E-state index in [0.29, 0.717) is 0 Å². The molecule has 0 N–H and O–H groups in total. The van der Waals surface area contributed by atoms with Crippen molar-refractivity contribution in [2.24, 2.45) is 12.5 Å². The number of aromatic nitrogens is 3. The Morgan fingerprint density at radius 1 is 1.23 bits per heavy atom. The summed E-state index contributed by atoms with van der Waals surface area (Å²) in [6.07, 6.45) is 0.962. The zero-order chi connectivity index (χ0) is 10.1. The van der Waals surface area contributed by atoms with E-state index in [0.717, 1.165) is 23.4 Å². The molecule has 4 heteroatoms. The summed E-state index contributed by atoms with van der Waals surface area (Å²) in [5, 5.41) is 9.00. The molecule has 0 atom stereocenters. The second kappa shape index (κ2) is 3.78. The van der Waals surface area contributed by atoms with E-state index < -0.39 is 0 Å². The summed E-state index contributed by atoms with van der Waals surface area (Å²) < 4.78 is 2.06. The summed E-state index contributed by atoms with van der Waals surface area (Å²) in [6.45, 7) is 6.61. The Labute approximate surface area is 87.7 Å². The average Bonchev–Trinajstić information content (AvgIpc) is 2.30. The predicted octanol–water partition coefficient (Wildman–Crippen LogP) is 2.30. The maximum atomic E-state index is 4.15. The van der Waals surface area contributed by atoms with Gasteiger partial charge in [0.2, 0.25) is 0 Å². The standard InChI is InChI=1S/C9H16BrN3/c1-9(2,3)5-7-11-12-8(6-10)13(7)4/h5-6H2,1-4H3. The molecule has 0 spiro atoms. The molecule has 0 aliphatic rings. The monoisotopic (exact) mass is 245 g/mol. The first kappa shape index (κ1) is 10.7. The van der Waals surface area contributed by atoms with Gasteiger partial charge in [0.25, 0.3) is 0 Å². The molecule has 3 nitrogen and oxygen atoms in total. The minimum atomic E-state index is 0.268. The second-order valence-electron chi connectivity index (χ2n) is 4.46. The largest absolute Gasteiger partial charge is 0.317 e. The number of hydrogen-bond donors (Lipinski definition) is 0. The van der Waals surface area contributed by atoms with E-state index in [1.54, 1.807) is 0 Å². The van der Waals surface area contributed by atoms with Crippen molar-refractivity contribution in [2.45, 2.75) is 32.5 Å². The molecule has 74 valence electrons. The Bertz CT molecular complexity index is 286. The van der Waals surface area contributed by atoms with Gasteiger partial charge in [0.05, 0.1) is 5.33 Å². The van der Waals surface area contributed by atoms with Crippen LogP contribution in [0.3, 0.4) is 0 Å². The van der Waals surface area contributed by atoms with Crippen molar-refractivity contribution in [1.29, 1.82) is 0 Å². The van der Waals surface area contributed by atoms with E-state index in [1.165, 1.54) is 0 Å². The van der Waals surface area contributed by atoms with Gasteiger partial charge in [-0.1, -0.05) is 36.7 Å². The molecule has 0 aliphatic carbocycles. The minimum absolute atomic E-state index is 0.268. The predicted molar refractivity (Wildman–Crippen MR) is 56.8 cm³/mol. The van der Waals surface area contributed by atoms with Gasteiger partial charge in [-0.2, -0.15) is 0 Å². The highest BCUT2D eigenvalue weighted by Crippen LogP contribution is 2.19. The third-order valence-electron chi connectivity index (χ3n) is 1.86. The number of nitrogens with zero attached hydrogens (tertiary/aromatic N) is 3. The third-order valence-corrected chi connectivity index (χ3v) is 2.36. The molecule has 0 fully saturated rings. The van der Waals surface area contributed by atoms with Crippen molar-refractivity contribution in [3.8, 4) is 0 Å². The molecule has 0 unspecified atom stereocenters. The van der Waals surface area contributed by atoms with Crippen LogP contribution in [0.15, 0.2) is 0 Å². The zero-order valence-corrected chi connectivity index (χ0v) is 10.2. The van der Waals surface area contributed by atoms with Crippen molar-refractivity contribution in [3.05, 3.63) is 11.6 Å². The van der Waals surface area contributed by atoms with Gasteiger partial charge in [-0.25, -0.2) is 0 Å². The molecule has 0 aliphatic heterocycles. The van der Waals surface area contributed by atoms with Crippen molar-refractivity contribution < 1.29 is 0 Å². The SMILES string of the molecule is Cn1c(CBr)nnc1CC(C)(C)C. The van der Waals surface area contributed by atoms with Gasteiger partial charge in [0, 0.05) is 13.5 Å². The van der Waals surface area contributed by atoms with Gasteiger partial charge in [-0.3, -0.25) is 0 Å². The maximum Gasteiger partial charge on any atom is 0.143 e. The molecule has 0 aromatic carbocycles. The minimum Gasteiger partial charge on any atom is -0.317 e. The van der Waals surface area contributed by atoms with Crippen molar-refractivity contribution in [3.63, 3.8) is 0 Å². The first-order valence-corrected chi connectivity index (χ1v) is 5.49. The highest BCUT2D eigenvalue weighted by atomic mass is 79.9. The van der Waals surface area contributed by atoms with Crippen LogP contribution in [0.2, 0.25) is 0 Å². The molecule has 1 heterocycles. The van der Waals surface area contributed by atoms with Gasteiger partial charge in [-0.05, 0) is 5.41 Å². The molecule has 0 saturated heterocycles. The lowest BCUT2D eigenvalue weighted by atomic mass is 9.92. The molecule has 0 amide bonds. The van der Waals surface area contributed by atoms with Gasteiger partial charge in [-0.15, -0.1) is 10.2 Å². The Balaban J connectivity index is 2.84. The van der Waals surface area contributed by atoms with Crippen LogP contribution in [-0.2, 0) is 18.8 Å². The fraction of sp³-hybridized carbons (Fsp3) is 0.778. The Hall–Kier alpha value is -0.380. The van der Waals surface area contributed by atoms with Crippen molar-refractivity contribution in [1.82, 2.24) is 14.8 Å². The zero-order valence-electron chi connectivity index (χ0n) is 8.63. The van der Waals surface area contributed by atoms with Crippen LogP contribution in [0.5, 0.6) is 0 Å². The third kappa shape index (κ3) is 2.79. The van der Waals surface area contributed by atoms with Gasteiger partial charge in [0.15, 0.2) is 0 Å². The summed E-state index contributed by atoms with van der Waals surface area (Å²) in [7, 11) is 2.01. The summed E-state index contributed by atoms with van der Waals surface area (Å²) in [4.78, 5) is 0.